The van der Waals surface area contributed by atoms with E-state index in [1.807, 2.05) is 13.0 Å². The first kappa shape index (κ1) is 10.5. The number of H-pyrrole nitrogens is 1. The van der Waals surface area contributed by atoms with Gasteiger partial charge in [-0.05, 0) is 13.0 Å². The van der Waals surface area contributed by atoms with E-state index in [2.05, 4.69) is 19.9 Å². The smallest absolute Gasteiger partial charge is 0.269 e. The van der Waals surface area contributed by atoms with Crippen molar-refractivity contribution in [2.45, 2.75) is 6.92 Å². The van der Waals surface area contributed by atoms with E-state index < -0.39 is 5.91 Å². The molecule has 1 amide bonds. The number of imidazole rings is 1. The summed E-state index contributed by atoms with van der Waals surface area (Å²) in [5, 5.41) is 0. The van der Waals surface area contributed by atoms with Crippen molar-refractivity contribution in [3.63, 3.8) is 0 Å². The lowest BCUT2D eigenvalue weighted by Crippen LogP contribution is -2.16. The van der Waals surface area contributed by atoms with Gasteiger partial charge in [-0.15, -0.1) is 0 Å². The van der Waals surface area contributed by atoms with Gasteiger partial charge in [0.15, 0.2) is 5.69 Å². The third-order valence-corrected chi connectivity index (χ3v) is 2.57. The summed E-state index contributed by atoms with van der Waals surface area (Å²) in [6.45, 7) is 1.88. The Kier molecular flexibility index (Phi) is 2.12. The van der Waals surface area contributed by atoms with Gasteiger partial charge in [-0.1, -0.05) is 0 Å². The molecule has 0 aliphatic carbocycles. The van der Waals surface area contributed by atoms with Gasteiger partial charge in [0.2, 0.25) is 5.95 Å². The number of fused-ring (bicyclic) bond motifs is 1. The molecule has 0 atom stereocenters. The number of nitrogens with one attached hydrogen (secondary N) is 1. The highest BCUT2D eigenvalue weighted by molar-refractivity contribution is 6.02. The average Bonchev–Trinajstić information content (AvgIpc) is 2.93. The number of nitrogens with two attached hydrogens (primary N) is 1. The van der Waals surface area contributed by atoms with Gasteiger partial charge in [0.1, 0.15) is 6.33 Å². The number of carbonyl (C=O) groups is 1. The minimum atomic E-state index is -0.592. The van der Waals surface area contributed by atoms with E-state index in [0.29, 0.717) is 17.0 Å². The number of aryl methyl sites for hydroxylation is 1. The van der Waals surface area contributed by atoms with Crippen LogP contribution in [0.2, 0.25) is 0 Å². The number of hydrogen-bond acceptors (Lipinski definition) is 4. The van der Waals surface area contributed by atoms with Crippen molar-refractivity contribution < 1.29 is 4.79 Å². The Morgan fingerprint density at radius 3 is 2.94 bits per heavy atom. The van der Waals surface area contributed by atoms with Crippen molar-refractivity contribution >= 4 is 16.9 Å². The second-order valence-electron chi connectivity index (χ2n) is 3.92. The van der Waals surface area contributed by atoms with E-state index >= 15 is 0 Å². The van der Waals surface area contributed by atoms with Gasteiger partial charge in [-0.25, -0.2) is 15.0 Å². The van der Waals surface area contributed by atoms with Crippen LogP contribution in [0.15, 0.2) is 24.8 Å². The molecule has 0 radical (unpaired) electrons. The van der Waals surface area contributed by atoms with E-state index in [1.165, 1.54) is 0 Å². The molecule has 7 heteroatoms. The lowest BCUT2D eigenvalue weighted by Gasteiger charge is -2.03. The van der Waals surface area contributed by atoms with E-state index in [0.717, 1.165) is 5.69 Å². The summed E-state index contributed by atoms with van der Waals surface area (Å²) < 4.78 is 1.62. The molecule has 3 aromatic rings. The Morgan fingerprint density at radius 2 is 2.28 bits per heavy atom. The minimum Gasteiger partial charge on any atom is -0.364 e. The number of hydrogen-bond donors (Lipinski definition) is 2. The zero-order valence-corrected chi connectivity index (χ0v) is 9.58. The fourth-order valence-corrected chi connectivity index (χ4v) is 1.80. The molecule has 3 N–H and O–H groups in total. The number of nitrogens with zero attached hydrogens (tertiary/aromatic N) is 4. The molecule has 7 nitrogen and oxygen atoms in total. The first-order valence-corrected chi connectivity index (χ1v) is 5.30. The largest absolute Gasteiger partial charge is 0.364 e. The zero-order chi connectivity index (χ0) is 12.7. The molecule has 0 bridgehead atoms. The Bertz CT molecular complexity index is 727. The second kappa shape index (κ2) is 3.66. The van der Waals surface area contributed by atoms with Gasteiger partial charge in [-0.3, -0.25) is 9.36 Å². The van der Waals surface area contributed by atoms with Crippen LogP contribution < -0.4 is 5.73 Å². The van der Waals surface area contributed by atoms with Crippen molar-refractivity contribution in [1.29, 1.82) is 0 Å². The minimum absolute atomic E-state index is 0.178. The molecule has 0 unspecified atom stereocenters. The fourth-order valence-electron chi connectivity index (χ4n) is 1.80. The molecule has 0 aromatic carbocycles. The van der Waals surface area contributed by atoms with Crippen molar-refractivity contribution in [3.8, 4) is 5.95 Å². The highest BCUT2D eigenvalue weighted by Crippen LogP contribution is 2.17. The molecule has 0 fully saturated rings. The molecular formula is C11H10N6O. The molecule has 0 saturated heterocycles. The number of rotatable bonds is 2. The van der Waals surface area contributed by atoms with Crippen LogP contribution >= 0.6 is 0 Å². The van der Waals surface area contributed by atoms with Gasteiger partial charge in [0.05, 0.1) is 11.0 Å². The summed E-state index contributed by atoms with van der Waals surface area (Å²) in [6, 6.07) is 1.84. The Balaban J connectivity index is 2.33. The predicted molar refractivity (Wildman–Crippen MR) is 64.3 cm³/mol. The quantitative estimate of drug-likeness (QED) is 0.684. The van der Waals surface area contributed by atoms with Crippen LogP contribution in [-0.2, 0) is 0 Å². The van der Waals surface area contributed by atoms with Crippen molar-refractivity contribution in [2.75, 3.05) is 0 Å². The monoisotopic (exact) mass is 242 g/mol. The number of primary amides is 1. The summed E-state index contributed by atoms with van der Waals surface area (Å²) in [5.41, 5.74) is 7.62. The summed E-state index contributed by atoms with van der Waals surface area (Å²) >= 11 is 0. The topological polar surface area (TPSA) is 102 Å². The van der Waals surface area contributed by atoms with E-state index in [-0.39, 0.29) is 5.69 Å². The standard InChI is InChI=1S/C11H10N6O/c1-6-4-7-8(14-6)9(10(12)18)16-11(15-7)17-3-2-13-5-17/h2-5,14H,1H3,(H2,12,18). The Hall–Kier alpha value is -2.70. The van der Waals surface area contributed by atoms with Gasteiger partial charge in [0, 0.05) is 18.1 Å². The lowest BCUT2D eigenvalue weighted by atomic mass is 10.3. The maximum Gasteiger partial charge on any atom is 0.269 e. The first-order chi connectivity index (χ1) is 8.65. The summed E-state index contributed by atoms with van der Waals surface area (Å²) in [7, 11) is 0. The third kappa shape index (κ3) is 1.53. The maximum atomic E-state index is 11.4. The predicted octanol–water partition coefficient (Wildman–Crippen LogP) is 0.551. The lowest BCUT2D eigenvalue weighted by molar-refractivity contribution is 0.0997. The van der Waals surface area contributed by atoms with Crippen LogP contribution in [0.25, 0.3) is 17.0 Å². The molecule has 3 rings (SSSR count). The zero-order valence-electron chi connectivity index (χ0n) is 9.58. The van der Waals surface area contributed by atoms with Crippen LogP contribution in [-0.4, -0.2) is 30.4 Å². The van der Waals surface area contributed by atoms with Crippen LogP contribution in [0.4, 0.5) is 0 Å². The van der Waals surface area contributed by atoms with Crippen LogP contribution in [0.3, 0.4) is 0 Å². The SMILES string of the molecule is Cc1cc2nc(-n3ccnc3)nc(C(N)=O)c2[nH]1. The van der Waals surface area contributed by atoms with Gasteiger partial charge >= 0.3 is 0 Å². The molecule has 18 heavy (non-hydrogen) atoms. The van der Waals surface area contributed by atoms with Gasteiger partial charge in [0.25, 0.3) is 5.91 Å². The molecule has 0 saturated carbocycles. The average molecular weight is 242 g/mol. The first-order valence-electron chi connectivity index (χ1n) is 5.30. The van der Waals surface area contributed by atoms with E-state index in [4.69, 9.17) is 5.73 Å². The Morgan fingerprint density at radius 1 is 1.44 bits per heavy atom. The molecule has 0 aliphatic rings. The van der Waals surface area contributed by atoms with Crippen molar-refractivity contribution in [1.82, 2.24) is 24.5 Å². The fraction of sp³-hybridized carbons (Fsp3) is 0.0909. The van der Waals surface area contributed by atoms with Gasteiger partial charge in [-0.2, -0.15) is 0 Å². The van der Waals surface area contributed by atoms with Crippen LogP contribution in [0.5, 0.6) is 0 Å². The number of amides is 1. The molecule has 90 valence electrons. The molecule has 0 aliphatic heterocycles. The van der Waals surface area contributed by atoms with Crippen molar-refractivity contribution in [2.24, 2.45) is 5.73 Å². The number of aromatic amines is 1. The Labute approximate surface area is 102 Å². The highest BCUT2D eigenvalue weighted by Gasteiger charge is 2.14. The van der Waals surface area contributed by atoms with E-state index in [9.17, 15) is 4.79 Å². The molecule has 3 heterocycles. The number of aromatic nitrogens is 5. The van der Waals surface area contributed by atoms with Gasteiger partial charge < -0.3 is 10.7 Å². The summed E-state index contributed by atoms with van der Waals surface area (Å²) in [4.78, 5) is 26.9. The van der Waals surface area contributed by atoms with Crippen LogP contribution in [0.1, 0.15) is 16.2 Å². The summed E-state index contributed by atoms with van der Waals surface area (Å²) in [6.07, 6.45) is 4.87. The molecule has 0 spiro atoms. The third-order valence-electron chi connectivity index (χ3n) is 2.57. The van der Waals surface area contributed by atoms with Crippen LogP contribution in [0, 0.1) is 6.92 Å². The maximum absolute atomic E-state index is 11.4. The van der Waals surface area contributed by atoms with Crippen molar-refractivity contribution in [3.05, 3.63) is 36.2 Å². The van der Waals surface area contributed by atoms with E-state index in [1.54, 1.807) is 23.3 Å². The normalized spacial score (nSPS) is 10.9. The highest BCUT2D eigenvalue weighted by atomic mass is 16.1. The summed E-state index contributed by atoms with van der Waals surface area (Å²) in [5.74, 6) is -0.224. The molecular weight excluding hydrogens is 232 g/mol. The number of carbonyl (C=O) groups excluding carboxylic acids is 1. The second-order valence-corrected chi connectivity index (χ2v) is 3.92. The molecule has 3 aromatic heterocycles.